The quantitative estimate of drug-likeness (QED) is 0.686. The van der Waals surface area contributed by atoms with Gasteiger partial charge in [0.15, 0.2) is 0 Å². The Labute approximate surface area is 101 Å². The minimum Gasteiger partial charge on any atom is -0.383 e. The van der Waals surface area contributed by atoms with E-state index in [4.69, 9.17) is 4.74 Å². The smallest absolute Gasteiger partial charge is 0.327 e. The van der Waals surface area contributed by atoms with Crippen molar-refractivity contribution in [1.29, 1.82) is 0 Å². The Morgan fingerprint density at radius 2 is 2.00 bits per heavy atom. The molecular weight excluding hydrogens is 222 g/mol. The molecule has 0 unspecified atom stereocenters. The van der Waals surface area contributed by atoms with Gasteiger partial charge in [0.2, 0.25) is 0 Å². The molecule has 2 saturated heterocycles. The number of nitrogens with zero attached hydrogens (tertiary/aromatic N) is 2. The lowest BCUT2D eigenvalue weighted by atomic mass is 9.87. The molecule has 1 N–H and O–H groups in total. The molecule has 0 radical (unpaired) electrons. The highest BCUT2D eigenvalue weighted by Gasteiger charge is 2.55. The highest BCUT2D eigenvalue weighted by molar-refractivity contribution is 6.06. The fourth-order valence-electron chi connectivity index (χ4n) is 2.70. The maximum absolute atomic E-state index is 12.3. The molecule has 6 heteroatoms. The van der Waals surface area contributed by atoms with Crippen LogP contribution in [0.1, 0.15) is 12.8 Å². The molecule has 6 nitrogen and oxygen atoms in total. The summed E-state index contributed by atoms with van der Waals surface area (Å²) >= 11 is 0. The zero-order valence-corrected chi connectivity index (χ0v) is 10.4. The number of likely N-dealkylation sites (N-methyl/N-ethyl adjacent to an activating group) is 1. The molecule has 17 heavy (non-hydrogen) atoms. The van der Waals surface area contributed by atoms with Crippen LogP contribution in [0, 0.1) is 0 Å². The molecule has 96 valence electrons. The second kappa shape index (κ2) is 4.62. The summed E-state index contributed by atoms with van der Waals surface area (Å²) in [4.78, 5) is 27.2. The number of hydrogen-bond donors (Lipinski definition) is 1. The zero-order chi connectivity index (χ0) is 12.5. The zero-order valence-electron chi connectivity index (χ0n) is 10.4. The topological polar surface area (TPSA) is 61.9 Å². The number of hydrogen-bond acceptors (Lipinski definition) is 4. The van der Waals surface area contributed by atoms with E-state index in [2.05, 4.69) is 5.32 Å². The van der Waals surface area contributed by atoms with Crippen LogP contribution >= 0.6 is 0 Å². The molecular formula is C11H19N3O3. The summed E-state index contributed by atoms with van der Waals surface area (Å²) in [7, 11) is 3.16. The minimum atomic E-state index is -0.629. The number of imide groups is 1. The number of carbonyl (C=O) groups excluding carboxylic acids is 2. The molecule has 2 aliphatic rings. The van der Waals surface area contributed by atoms with Gasteiger partial charge in [-0.2, -0.15) is 0 Å². The van der Waals surface area contributed by atoms with Gasteiger partial charge in [0, 0.05) is 20.7 Å². The number of nitrogens with one attached hydrogen (secondary N) is 1. The molecule has 0 aromatic rings. The number of methoxy groups -OCH3 is 1. The van der Waals surface area contributed by atoms with E-state index in [9.17, 15) is 9.59 Å². The summed E-state index contributed by atoms with van der Waals surface area (Å²) in [6, 6.07) is -0.200. The summed E-state index contributed by atoms with van der Waals surface area (Å²) in [5, 5.41) is 3.22. The molecule has 0 aliphatic carbocycles. The number of ether oxygens (including phenoxy) is 1. The number of amides is 3. The summed E-state index contributed by atoms with van der Waals surface area (Å²) in [5.41, 5.74) is -0.629. The first-order chi connectivity index (χ1) is 8.13. The summed E-state index contributed by atoms with van der Waals surface area (Å²) in [6.45, 7) is 2.49. The van der Waals surface area contributed by atoms with Crippen LogP contribution in [0.2, 0.25) is 0 Å². The molecule has 0 aromatic carbocycles. The van der Waals surface area contributed by atoms with E-state index >= 15 is 0 Å². The SMILES string of the molecule is COCCN1C(=O)N(C)C(=O)C12CCNCC2. The van der Waals surface area contributed by atoms with Crippen LogP contribution < -0.4 is 5.32 Å². The molecule has 1 spiro atoms. The van der Waals surface area contributed by atoms with Gasteiger partial charge in [-0.1, -0.05) is 0 Å². The third-order valence-corrected chi connectivity index (χ3v) is 3.69. The van der Waals surface area contributed by atoms with Crippen molar-refractivity contribution in [2.24, 2.45) is 0 Å². The Bertz CT molecular complexity index is 326. The van der Waals surface area contributed by atoms with Gasteiger partial charge >= 0.3 is 6.03 Å². The van der Waals surface area contributed by atoms with Crippen molar-refractivity contribution >= 4 is 11.9 Å². The normalized spacial score (nSPS) is 23.9. The van der Waals surface area contributed by atoms with Gasteiger partial charge in [0.25, 0.3) is 5.91 Å². The highest BCUT2D eigenvalue weighted by Crippen LogP contribution is 2.34. The van der Waals surface area contributed by atoms with E-state index in [0.717, 1.165) is 13.1 Å². The van der Waals surface area contributed by atoms with Crippen molar-refractivity contribution in [3.05, 3.63) is 0 Å². The lowest BCUT2D eigenvalue weighted by molar-refractivity contribution is -0.133. The van der Waals surface area contributed by atoms with Crippen LogP contribution in [0.5, 0.6) is 0 Å². The molecule has 2 fully saturated rings. The standard InChI is InChI=1S/C11H19N3O3/c1-13-9(15)11(3-5-12-6-4-11)14(10(13)16)7-8-17-2/h12H,3-8H2,1-2H3. The highest BCUT2D eigenvalue weighted by atomic mass is 16.5. The van der Waals surface area contributed by atoms with Crippen LogP contribution in [0.4, 0.5) is 4.79 Å². The number of rotatable bonds is 3. The first kappa shape index (κ1) is 12.3. The van der Waals surface area contributed by atoms with Crippen LogP contribution in [-0.4, -0.2) is 67.7 Å². The lowest BCUT2D eigenvalue weighted by Gasteiger charge is -2.38. The molecule has 0 saturated carbocycles. The van der Waals surface area contributed by atoms with Crippen LogP contribution in [-0.2, 0) is 9.53 Å². The molecule has 2 rings (SSSR count). The Kier molecular flexibility index (Phi) is 3.35. The maximum atomic E-state index is 12.3. The summed E-state index contributed by atoms with van der Waals surface area (Å²) in [6.07, 6.45) is 1.37. The number of carbonyl (C=O) groups is 2. The van der Waals surface area contributed by atoms with Crippen molar-refractivity contribution in [2.75, 3.05) is 40.4 Å². The van der Waals surface area contributed by atoms with Crippen molar-refractivity contribution in [2.45, 2.75) is 18.4 Å². The number of piperidine rings is 1. The molecule has 0 bridgehead atoms. The van der Waals surface area contributed by atoms with E-state index in [-0.39, 0.29) is 11.9 Å². The lowest BCUT2D eigenvalue weighted by Crippen LogP contribution is -2.56. The molecule has 0 aromatic heterocycles. The Morgan fingerprint density at radius 3 is 2.59 bits per heavy atom. The van der Waals surface area contributed by atoms with E-state index in [1.807, 2.05) is 0 Å². The van der Waals surface area contributed by atoms with E-state index in [1.165, 1.54) is 4.90 Å². The third kappa shape index (κ3) is 1.81. The predicted molar refractivity (Wildman–Crippen MR) is 61.6 cm³/mol. The average Bonchev–Trinajstić information content (AvgIpc) is 2.52. The second-order valence-corrected chi connectivity index (χ2v) is 4.57. The largest absolute Gasteiger partial charge is 0.383 e. The van der Waals surface area contributed by atoms with Crippen LogP contribution in [0.3, 0.4) is 0 Å². The minimum absolute atomic E-state index is 0.0693. The third-order valence-electron chi connectivity index (χ3n) is 3.69. The molecule has 2 aliphatic heterocycles. The summed E-state index contributed by atoms with van der Waals surface area (Å²) in [5.74, 6) is -0.0693. The first-order valence-corrected chi connectivity index (χ1v) is 5.93. The predicted octanol–water partition coefficient (Wildman–Crippen LogP) is -0.351. The van der Waals surface area contributed by atoms with Gasteiger partial charge in [-0.05, 0) is 25.9 Å². The van der Waals surface area contributed by atoms with Crippen molar-refractivity contribution in [3.63, 3.8) is 0 Å². The number of urea groups is 1. The first-order valence-electron chi connectivity index (χ1n) is 5.93. The van der Waals surface area contributed by atoms with Crippen LogP contribution in [0.15, 0.2) is 0 Å². The van der Waals surface area contributed by atoms with Gasteiger partial charge in [-0.25, -0.2) is 4.79 Å². The van der Waals surface area contributed by atoms with E-state index in [0.29, 0.717) is 26.0 Å². The van der Waals surface area contributed by atoms with Gasteiger partial charge < -0.3 is 15.0 Å². The molecule has 2 heterocycles. The average molecular weight is 241 g/mol. The Hall–Kier alpha value is -1.14. The Morgan fingerprint density at radius 1 is 1.35 bits per heavy atom. The Balaban J connectivity index is 2.24. The van der Waals surface area contributed by atoms with E-state index in [1.54, 1.807) is 19.1 Å². The van der Waals surface area contributed by atoms with Gasteiger partial charge in [-0.15, -0.1) is 0 Å². The van der Waals surface area contributed by atoms with Crippen molar-refractivity contribution < 1.29 is 14.3 Å². The maximum Gasteiger partial charge on any atom is 0.327 e. The fraction of sp³-hybridized carbons (Fsp3) is 0.818. The van der Waals surface area contributed by atoms with Gasteiger partial charge in [-0.3, -0.25) is 9.69 Å². The van der Waals surface area contributed by atoms with Crippen molar-refractivity contribution in [1.82, 2.24) is 15.1 Å². The molecule has 0 atom stereocenters. The molecule has 3 amide bonds. The fourth-order valence-corrected chi connectivity index (χ4v) is 2.70. The van der Waals surface area contributed by atoms with Gasteiger partial charge in [0.1, 0.15) is 5.54 Å². The monoisotopic (exact) mass is 241 g/mol. The summed E-state index contributed by atoms with van der Waals surface area (Å²) < 4.78 is 5.02. The van der Waals surface area contributed by atoms with Gasteiger partial charge in [0.05, 0.1) is 6.61 Å². The second-order valence-electron chi connectivity index (χ2n) is 4.57. The van der Waals surface area contributed by atoms with Crippen LogP contribution in [0.25, 0.3) is 0 Å². The van der Waals surface area contributed by atoms with E-state index < -0.39 is 5.54 Å². The van der Waals surface area contributed by atoms with Crippen molar-refractivity contribution in [3.8, 4) is 0 Å².